The first-order chi connectivity index (χ1) is 40.2. The molecule has 1 unspecified atom stereocenters. The number of hydrogen-bond acceptors (Lipinski definition) is 10. The fourth-order valence-corrected chi connectivity index (χ4v) is 13.7. The average Bonchev–Trinajstić information content (AvgIpc) is 1.79. The van der Waals surface area contributed by atoms with Crippen LogP contribution >= 0.6 is 36.2 Å². The molecule has 1 aromatic heterocycles. The topological polar surface area (TPSA) is 169 Å². The van der Waals surface area contributed by atoms with E-state index in [0.29, 0.717) is 23.1 Å². The summed E-state index contributed by atoms with van der Waals surface area (Å²) in [5.41, 5.74) is 8.99. The van der Waals surface area contributed by atoms with Crippen molar-refractivity contribution in [3.05, 3.63) is 199 Å². The van der Waals surface area contributed by atoms with Crippen molar-refractivity contribution in [3.8, 4) is 0 Å². The van der Waals surface area contributed by atoms with Gasteiger partial charge in [-0.25, -0.2) is 0 Å². The smallest absolute Gasteiger partial charge is 0.309 e. The molecule has 1 atom stereocenters. The Morgan fingerprint density at radius 3 is 2.20 bits per heavy atom. The van der Waals surface area contributed by atoms with Gasteiger partial charge in [-0.05, 0) is 119 Å². The second-order valence-electron chi connectivity index (χ2n) is 22.9. The molecule has 0 radical (unpaired) electrons. The Balaban J connectivity index is 1.05. The van der Waals surface area contributed by atoms with Crippen molar-refractivity contribution in [2.75, 3.05) is 41.3 Å². The maximum atomic E-state index is 14.6. The number of nitrogens with zero attached hydrogens (tertiary/aromatic N) is 4. The average molecular weight is 1180 g/mol. The van der Waals surface area contributed by atoms with Crippen LogP contribution in [0.25, 0.3) is 32.5 Å². The highest BCUT2D eigenvalue weighted by Crippen LogP contribution is 2.53. The fraction of sp³-hybridized carbons (Fsp3) is 0.294. The van der Waals surface area contributed by atoms with E-state index in [-0.39, 0.29) is 47.5 Å². The molecule has 0 saturated carbocycles. The minimum absolute atomic E-state index is 0.0242. The standard InChI is InChI=1S/C68H72N6O7S3/c1-8-37-72-53-23-15-14-22-50(53)67(5,6)56(72)32-31-55-63(80)74(65(84-55)62(83)64(81)71(9-2)43-82)42-58(75)70-48-28-29-52(69-36-33-59(76)77)51(40-48)66(3,4)35-17-16-24-57-68(7,41-44-25-26-45-18-10-11-20-47(45)39-44)61-49-21-13-12-19-46(49)27-30-54(61)73(57)38-34-60(78)79/h10-32,39-40,43,69,83H,8-9,33-38,41-42H2,1-7H3,(H,70,75)(H,76,77)(H,78,79)/p+1. The van der Waals surface area contributed by atoms with Crippen LogP contribution in [0.4, 0.5) is 22.7 Å². The van der Waals surface area contributed by atoms with E-state index in [9.17, 15) is 34.2 Å². The zero-order chi connectivity index (χ0) is 60.1. The number of aliphatic carboxylic acids is 2. The van der Waals surface area contributed by atoms with Gasteiger partial charge in [0.15, 0.2) is 0 Å². The number of rotatable bonds is 22. The minimum atomic E-state index is -0.918. The number of carbonyl (C=O) groups is 4. The zero-order valence-electron chi connectivity index (χ0n) is 48.6. The van der Waals surface area contributed by atoms with Crippen LogP contribution in [-0.2, 0) is 48.4 Å². The van der Waals surface area contributed by atoms with Gasteiger partial charge in [-0.1, -0.05) is 150 Å². The van der Waals surface area contributed by atoms with Gasteiger partial charge in [0.25, 0.3) is 11.5 Å². The van der Waals surface area contributed by atoms with Crippen molar-refractivity contribution in [2.24, 2.45) is 0 Å². The van der Waals surface area contributed by atoms with Crippen molar-refractivity contribution < 1.29 is 34.7 Å². The second-order valence-corrected chi connectivity index (χ2v) is 24.6. The molecular weight excluding hydrogens is 1110 g/mol. The van der Waals surface area contributed by atoms with Crippen LogP contribution in [0, 0.1) is 0 Å². The summed E-state index contributed by atoms with van der Waals surface area (Å²) < 4.78 is 1.82. The summed E-state index contributed by atoms with van der Waals surface area (Å²) in [6, 6.07) is 41.3. The van der Waals surface area contributed by atoms with Crippen molar-refractivity contribution in [2.45, 2.75) is 103 Å². The molecule has 0 spiro atoms. The normalized spacial score (nSPS) is 17.1. The molecule has 0 aliphatic carbocycles. The molecule has 6 aromatic carbocycles. The van der Waals surface area contributed by atoms with E-state index >= 15 is 0 Å². The molecule has 2 aliphatic heterocycles. The van der Waals surface area contributed by atoms with Gasteiger partial charge >= 0.3 is 11.9 Å². The number of aromatic nitrogens is 1. The summed E-state index contributed by atoms with van der Waals surface area (Å²) in [4.78, 5) is 72.5. The third-order valence-electron chi connectivity index (χ3n) is 16.3. The van der Waals surface area contributed by atoms with Crippen molar-refractivity contribution in [1.82, 2.24) is 9.47 Å². The minimum Gasteiger partial charge on any atom is -0.481 e. The van der Waals surface area contributed by atoms with E-state index in [1.165, 1.54) is 20.5 Å². The maximum absolute atomic E-state index is 14.6. The number of hydrogen-bond donors (Lipinski definition) is 5. The first-order valence-electron chi connectivity index (χ1n) is 28.5. The van der Waals surface area contributed by atoms with Gasteiger partial charge in [0, 0.05) is 70.6 Å². The van der Waals surface area contributed by atoms with Gasteiger partial charge in [0.1, 0.15) is 21.8 Å². The summed E-state index contributed by atoms with van der Waals surface area (Å²) in [6.45, 7) is 15.9. The number of nitrogens with one attached hydrogen (secondary N) is 1. The first-order valence-corrected chi connectivity index (χ1v) is 30.3. The van der Waals surface area contributed by atoms with Crippen molar-refractivity contribution in [1.29, 1.82) is 0 Å². The molecule has 2 aliphatic rings. The number of carboxylic acids is 2. The summed E-state index contributed by atoms with van der Waals surface area (Å²) in [5.74, 6) is -2.82. The van der Waals surface area contributed by atoms with E-state index < -0.39 is 46.7 Å². The maximum Gasteiger partial charge on any atom is 0.309 e. The molecule has 0 bridgehead atoms. The number of amides is 2. The Morgan fingerprint density at radius 1 is 0.786 bits per heavy atom. The monoisotopic (exact) mass is 1180 g/mol. The van der Waals surface area contributed by atoms with Gasteiger partial charge in [-0.2, -0.15) is 0 Å². The van der Waals surface area contributed by atoms with Gasteiger partial charge in [0.2, 0.25) is 5.91 Å². The molecule has 16 heteroatoms. The van der Waals surface area contributed by atoms with E-state index in [1.807, 2.05) is 59.9 Å². The molecule has 2 amide bonds. The lowest BCUT2D eigenvalue weighted by molar-refractivity contribution is -0.571. The van der Waals surface area contributed by atoms with Crippen molar-refractivity contribution in [3.63, 3.8) is 0 Å². The summed E-state index contributed by atoms with van der Waals surface area (Å²) >= 11 is 10.9. The highest BCUT2D eigenvalue weighted by molar-refractivity contribution is 7.91. The number of carboxylic acid groups (broad SMARTS) is 2. The van der Waals surface area contributed by atoms with Gasteiger partial charge in [-0.3, -0.25) is 28.5 Å². The molecule has 434 valence electrons. The molecule has 0 fully saturated rings. The molecule has 84 heavy (non-hydrogen) atoms. The highest BCUT2D eigenvalue weighted by atomic mass is 32.1. The first kappa shape index (κ1) is 60.7. The van der Waals surface area contributed by atoms with E-state index in [0.717, 1.165) is 91.0 Å². The molecule has 5 N–H and O–H groups in total. The Kier molecular flexibility index (Phi) is 18.4. The lowest BCUT2D eigenvalue weighted by atomic mass is 9.74. The molecule has 13 nitrogen and oxygen atoms in total. The molecular formula is C68H73N6O7S3+. The number of benzene rings is 6. The number of fused-ring (bicyclic) bond motifs is 5. The van der Waals surface area contributed by atoms with Crippen LogP contribution in [0.2, 0.25) is 0 Å². The largest absolute Gasteiger partial charge is 0.481 e. The van der Waals surface area contributed by atoms with Crippen LogP contribution in [0.15, 0.2) is 162 Å². The molecule has 9 rings (SSSR count). The number of anilines is 3. The summed E-state index contributed by atoms with van der Waals surface area (Å²) in [5, 5.41) is 29.1. The zero-order valence-corrected chi connectivity index (χ0v) is 51.2. The van der Waals surface area contributed by atoms with Crippen LogP contribution in [0.1, 0.15) is 96.4 Å². The fourth-order valence-electron chi connectivity index (χ4n) is 12.1. The van der Waals surface area contributed by atoms with Gasteiger partial charge in [-0.15, -0.1) is 24.0 Å². The molecule has 0 saturated heterocycles. The number of thiol groups is 1. The van der Waals surface area contributed by atoms with Crippen LogP contribution < -0.4 is 35.2 Å². The number of para-hydroxylation sites is 1. The van der Waals surface area contributed by atoms with Crippen molar-refractivity contribution >= 4 is 121 Å². The van der Waals surface area contributed by atoms with Gasteiger partial charge < -0.3 is 35.5 Å². The lowest BCUT2D eigenvalue weighted by Crippen LogP contribution is -2.79. The van der Waals surface area contributed by atoms with E-state index in [4.69, 9.17) is 12.2 Å². The van der Waals surface area contributed by atoms with Crippen LogP contribution in [-0.4, -0.2) is 75.1 Å². The number of nitrogens with two attached hydrogens (primary N) is 1. The Hall–Kier alpha value is -7.89. The Bertz CT molecular complexity index is 4020. The number of thiocarbonyl (C=S) groups is 1. The highest BCUT2D eigenvalue weighted by Gasteiger charge is 2.45. The Labute approximate surface area is 505 Å². The number of quaternary nitrogens is 1. The van der Waals surface area contributed by atoms with E-state index in [2.05, 4.69) is 154 Å². The lowest BCUT2D eigenvalue weighted by Gasteiger charge is -2.31. The Morgan fingerprint density at radius 2 is 1.48 bits per heavy atom. The van der Waals surface area contributed by atoms with Crippen LogP contribution in [0.3, 0.4) is 0 Å². The number of thiazole rings is 1. The number of allylic oxidation sites excluding steroid dienone is 6. The summed E-state index contributed by atoms with van der Waals surface area (Å²) in [7, 11) is 0. The predicted molar refractivity (Wildman–Crippen MR) is 348 cm³/mol. The summed E-state index contributed by atoms with van der Waals surface area (Å²) in [6.07, 6.45) is 12.0. The van der Waals surface area contributed by atoms with Gasteiger partial charge in [0.05, 0.1) is 29.4 Å². The predicted octanol–water partition coefficient (Wildman–Crippen LogP) is 10.8. The quantitative estimate of drug-likeness (QED) is 0.0250. The third kappa shape index (κ3) is 12.5. The molecule has 7 aromatic rings. The van der Waals surface area contributed by atoms with E-state index in [1.54, 1.807) is 19.1 Å². The van der Waals surface area contributed by atoms with Crippen LogP contribution in [0.5, 0.6) is 0 Å². The second kappa shape index (κ2) is 25.5. The third-order valence-corrected chi connectivity index (χ3v) is 18.3. The molecule has 3 heterocycles. The SMILES string of the molecule is CCCN1C(=CC=c2sc(=C(S)C(=O)N(C=S)CC)n(CC(=O)Nc3ccc([NH2+]CCC(=O)O)c(C(C)(C)CC=CC=C4N(CCC(=O)O)c5ccc6ccccc6c5C4(C)Cc4ccc5ccccc5c4)c3)c2=O)C(C)(C)c2ccccc21. The number of carbonyl (C=O) groups excluding carboxylic acids is 2.